The van der Waals surface area contributed by atoms with Gasteiger partial charge in [-0.2, -0.15) is 0 Å². The van der Waals surface area contributed by atoms with E-state index in [1.54, 1.807) is 0 Å². The molecule has 0 amide bonds. The van der Waals surface area contributed by atoms with E-state index in [0.29, 0.717) is 31.9 Å². The summed E-state index contributed by atoms with van der Waals surface area (Å²) in [4.78, 5) is 8.91. The van der Waals surface area contributed by atoms with Crippen LogP contribution >= 0.6 is 0 Å². The number of halogens is 1. The van der Waals surface area contributed by atoms with Crippen molar-refractivity contribution in [2.75, 3.05) is 31.8 Å². The molecular weight excluding hydrogens is 379 g/mol. The highest BCUT2D eigenvalue weighted by atomic mass is 19.1. The molecule has 1 aliphatic rings. The van der Waals surface area contributed by atoms with E-state index >= 15 is 0 Å². The Morgan fingerprint density at radius 3 is 2.80 bits per heavy atom. The molecule has 2 heterocycles. The number of terminal acetylenes is 1. The quantitative estimate of drug-likeness (QED) is 0.246. The zero-order valence-electron chi connectivity index (χ0n) is 18.5. The molecule has 0 atom stereocenters. The van der Waals surface area contributed by atoms with Gasteiger partial charge < -0.3 is 15.4 Å². The van der Waals surface area contributed by atoms with Gasteiger partial charge in [0.05, 0.1) is 19.0 Å². The van der Waals surface area contributed by atoms with Gasteiger partial charge in [0, 0.05) is 42.4 Å². The molecule has 0 saturated carbocycles. The third-order valence-corrected chi connectivity index (χ3v) is 4.00. The van der Waals surface area contributed by atoms with E-state index in [2.05, 4.69) is 26.5 Å². The zero-order chi connectivity index (χ0) is 22.2. The van der Waals surface area contributed by atoms with Gasteiger partial charge in [-0.3, -0.25) is 9.38 Å². The van der Waals surface area contributed by atoms with Crippen LogP contribution in [0, 0.1) is 12.3 Å². The van der Waals surface area contributed by atoms with Crippen molar-refractivity contribution in [2.24, 2.45) is 4.99 Å². The maximum atomic E-state index is 12.2. The van der Waals surface area contributed by atoms with Gasteiger partial charge in [-0.1, -0.05) is 19.8 Å². The summed E-state index contributed by atoms with van der Waals surface area (Å²) in [6.07, 6.45) is 14.0. The minimum Gasteiger partial charge on any atom is -0.494 e. The van der Waals surface area contributed by atoms with Crippen LogP contribution in [0.1, 0.15) is 46.1 Å². The summed E-state index contributed by atoms with van der Waals surface area (Å²) >= 11 is 0. The summed E-state index contributed by atoms with van der Waals surface area (Å²) in [6, 6.07) is 3.94. The first-order valence-electron chi connectivity index (χ1n) is 10.4. The highest BCUT2D eigenvalue weighted by Crippen LogP contribution is 2.16. The Hall–Kier alpha value is -3.07. The first kappa shape index (κ1) is 25.0. The van der Waals surface area contributed by atoms with Crippen molar-refractivity contribution in [1.82, 2.24) is 10.3 Å². The Morgan fingerprint density at radius 1 is 1.40 bits per heavy atom. The van der Waals surface area contributed by atoms with E-state index in [0.717, 1.165) is 34.9 Å². The minimum atomic E-state index is -0.397. The molecule has 0 bridgehead atoms. The largest absolute Gasteiger partial charge is 0.494 e. The van der Waals surface area contributed by atoms with Crippen LogP contribution in [0.4, 0.5) is 10.2 Å². The summed E-state index contributed by atoms with van der Waals surface area (Å²) in [5, 5.41) is 6.43. The molecule has 30 heavy (non-hydrogen) atoms. The third kappa shape index (κ3) is 8.52. The van der Waals surface area contributed by atoms with Gasteiger partial charge in [0.25, 0.3) is 0 Å². The molecule has 162 valence electrons. The van der Waals surface area contributed by atoms with E-state index in [-0.39, 0.29) is 0 Å². The van der Waals surface area contributed by atoms with Gasteiger partial charge >= 0.3 is 0 Å². The molecule has 0 spiro atoms. The third-order valence-electron chi connectivity index (χ3n) is 4.00. The second kappa shape index (κ2) is 14.9. The molecule has 0 unspecified atom stereocenters. The monoisotopic (exact) mass is 412 g/mol. The van der Waals surface area contributed by atoms with Crippen LogP contribution in [0.25, 0.3) is 0 Å². The standard InChI is InChI=1S/C22H27FN4O.C2H6/c1-4-17(13-20(5-2)28-11-7-10-23)12-19-14-21(27-16-26-19)18-8-9-22(24-6-3)25-15-18;1-2/h1,5,8-9,13-15,26H,6-7,10-12,16H2,2-3H3,(H,24,25);1-2H3/b17-13+,20-5+;. The number of rotatable bonds is 10. The van der Waals surface area contributed by atoms with Gasteiger partial charge in [0.1, 0.15) is 18.2 Å². The van der Waals surface area contributed by atoms with Crippen molar-refractivity contribution in [1.29, 1.82) is 0 Å². The molecule has 1 aliphatic heterocycles. The van der Waals surface area contributed by atoms with Gasteiger partial charge in [-0.15, -0.1) is 6.42 Å². The predicted octanol–water partition coefficient (Wildman–Crippen LogP) is 5.00. The first-order chi connectivity index (χ1) is 14.7. The fraction of sp³-hybridized carbons (Fsp3) is 0.417. The summed E-state index contributed by atoms with van der Waals surface area (Å²) in [6.45, 7) is 9.14. The number of nitrogens with one attached hydrogen (secondary N) is 2. The summed E-state index contributed by atoms with van der Waals surface area (Å²) in [5.41, 5.74) is 3.57. The number of ether oxygens (including phenoxy) is 1. The maximum absolute atomic E-state index is 12.2. The minimum absolute atomic E-state index is 0.332. The van der Waals surface area contributed by atoms with E-state index in [9.17, 15) is 4.39 Å². The van der Waals surface area contributed by atoms with Crippen molar-refractivity contribution < 1.29 is 9.13 Å². The zero-order valence-corrected chi connectivity index (χ0v) is 18.5. The summed E-state index contributed by atoms with van der Waals surface area (Å²) < 4.78 is 17.8. The molecule has 2 rings (SSSR count). The number of allylic oxidation sites excluding steroid dienone is 4. The van der Waals surface area contributed by atoms with E-state index in [4.69, 9.17) is 11.2 Å². The number of pyridine rings is 1. The molecule has 1 aromatic heterocycles. The second-order valence-corrected chi connectivity index (χ2v) is 6.08. The van der Waals surface area contributed by atoms with Crippen LogP contribution in [-0.4, -0.2) is 37.2 Å². The number of alkyl halides is 1. The molecule has 0 fully saturated rings. The topological polar surface area (TPSA) is 58.5 Å². The number of aromatic nitrogens is 1. The SMILES string of the molecule is C#C/C(=C\C(=C/C)OCCCF)CC1=CC(c2ccc(NCC)nc2)=NCN1.CC. The van der Waals surface area contributed by atoms with Gasteiger partial charge in [0.15, 0.2) is 0 Å². The Morgan fingerprint density at radius 2 is 2.20 bits per heavy atom. The van der Waals surface area contributed by atoms with Crippen LogP contribution in [-0.2, 0) is 4.74 Å². The smallest absolute Gasteiger partial charge is 0.125 e. The van der Waals surface area contributed by atoms with Gasteiger partial charge in [0.2, 0.25) is 0 Å². The number of hydrogen-bond donors (Lipinski definition) is 2. The molecule has 0 aromatic carbocycles. The van der Waals surface area contributed by atoms with Crippen molar-refractivity contribution >= 4 is 11.5 Å². The van der Waals surface area contributed by atoms with E-state index in [1.165, 1.54) is 0 Å². The van der Waals surface area contributed by atoms with E-state index in [1.807, 2.05) is 64.3 Å². The highest BCUT2D eigenvalue weighted by molar-refractivity contribution is 6.09. The molecule has 0 aliphatic carbocycles. The molecule has 0 radical (unpaired) electrons. The Kier molecular flexibility index (Phi) is 12.4. The molecule has 6 heteroatoms. The lowest BCUT2D eigenvalue weighted by Crippen LogP contribution is -2.21. The molecule has 0 saturated heterocycles. The van der Waals surface area contributed by atoms with Gasteiger partial charge in [-0.05, 0) is 44.2 Å². The highest BCUT2D eigenvalue weighted by Gasteiger charge is 2.10. The Bertz CT molecular complexity index is 801. The fourth-order valence-corrected chi connectivity index (χ4v) is 2.58. The number of hydrogen-bond acceptors (Lipinski definition) is 5. The predicted molar refractivity (Wildman–Crippen MR) is 124 cm³/mol. The average Bonchev–Trinajstić information content (AvgIpc) is 2.80. The number of anilines is 1. The van der Waals surface area contributed by atoms with Crippen molar-refractivity contribution in [2.45, 2.75) is 40.5 Å². The van der Waals surface area contributed by atoms with E-state index < -0.39 is 6.67 Å². The number of nitrogens with zero attached hydrogens (tertiary/aromatic N) is 2. The van der Waals surface area contributed by atoms with Crippen LogP contribution < -0.4 is 10.6 Å². The summed E-state index contributed by atoms with van der Waals surface area (Å²) in [7, 11) is 0. The van der Waals surface area contributed by atoms with Gasteiger partial charge in [-0.25, -0.2) is 4.98 Å². The summed E-state index contributed by atoms with van der Waals surface area (Å²) in [5.74, 6) is 4.20. The lowest BCUT2D eigenvalue weighted by Gasteiger charge is -2.16. The van der Waals surface area contributed by atoms with Crippen molar-refractivity contribution in [3.63, 3.8) is 0 Å². The normalized spacial score (nSPS) is 13.7. The van der Waals surface area contributed by atoms with Crippen LogP contribution in [0.5, 0.6) is 0 Å². The second-order valence-electron chi connectivity index (χ2n) is 6.08. The first-order valence-corrected chi connectivity index (χ1v) is 10.4. The average molecular weight is 413 g/mol. The van der Waals surface area contributed by atoms with Crippen molar-refractivity contribution in [3.8, 4) is 12.3 Å². The van der Waals surface area contributed by atoms with Crippen LogP contribution in [0.3, 0.4) is 0 Å². The Labute approximate surface area is 180 Å². The molecular formula is C24H33FN4O. The molecule has 5 nitrogen and oxygen atoms in total. The van der Waals surface area contributed by atoms with Crippen molar-refractivity contribution in [3.05, 3.63) is 59.2 Å². The lowest BCUT2D eigenvalue weighted by molar-refractivity contribution is 0.209. The molecule has 1 aromatic rings. The number of aliphatic imine (C=N–C) groups is 1. The lowest BCUT2D eigenvalue weighted by atomic mass is 10.1. The molecule has 2 N–H and O–H groups in total. The Balaban J connectivity index is 0.00000218. The van der Waals surface area contributed by atoms with Crippen LogP contribution in [0.15, 0.2) is 58.6 Å². The maximum Gasteiger partial charge on any atom is 0.125 e. The van der Waals surface area contributed by atoms with Crippen LogP contribution in [0.2, 0.25) is 0 Å². The fourth-order valence-electron chi connectivity index (χ4n) is 2.58.